The molecule has 0 aromatic heterocycles. The Balaban J connectivity index is 2.15. The highest BCUT2D eigenvalue weighted by Crippen LogP contribution is 2.21. The molecular weight excluding hydrogens is 280 g/mol. The van der Waals surface area contributed by atoms with Crippen molar-refractivity contribution in [1.82, 2.24) is 4.90 Å². The summed E-state index contributed by atoms with van der Waals surface area (Å²) in [6.07, 6.45) is 0. The minimum atomic E-state index is -1.08. The predicted octanol–water partition coefficient (Wildman–Crippen LogP) is 1.29. The summed E-state index contributed by atoms with van der Waals surface area (Å²) in [5, 5.41) is 11.8. The van der Waals surface area contributed by atoms with Gasteiger partial charge in [-0.25, -0.2) is 9.59 Å². The number of aromatic carboxylic acids is 1. The number of rotatable bonds is 2. The van der Waals surface area contributed by atoms with Gasteiger partial charge < -0.3 is 15.3 Å². The molecule has 1 heterocycles. The molecule has 1 aliphatic heterocycles. The zero-order valence-corrected chi connectivity index (χ0v) is 11.9. The summed E-state index contributed by atoms with van der Waals surface area (Å²) in [6.45, 7) is 2.59. The molecule has 0 bridgehead atoms. The predicted molar refractivity (Wildman–Crippen MR) is 76.6 cm³/mol. The molecule has 6 nitrogen and oxygen atoms in total. The Morgan fingerprint density at radius 2 is 1.95 bits per heavy atom. The van der Waals surface area contributed by atoms with Crippen LogP contribution in [0.3, 0.4) is 0 Å². The van der Waals surface area contributed by atoms with Gasteiger partial charge in [-0.2, -0.15) is 0 Å². The number of carbonyl (C=O) groups excluding carboxylic acids is 1. The standard InChI is InChI=1S/C13H16N2O4S/c1-9-3-2-4-10(12(16)17)11(9)14-13(18)15-5-7-20(19)8-6-15/h2-4H,5-8H2,1H3,(H,14,18)(H,16,17). The van der Waals surface area contributed by atoms with Crippen molar-refractivity contribution in [2.75, 3.05) is 29.9 Å². The first kappa shape index (κ1) is 14.5. The summed E-state index contributed by atoms with van der Waals surface area (Å²) in [6, 6.07) is 4.49. The molecule has 0 aliphatic carbocycles. The Morgan fingerprint density at radius 3 is 2.55 bits per heavy atom. The maximum Gasteiger partial charge on any atom is 0.337 e. The third-order valence-corrected chi connectivity index (χ3v) is 4.48. The number of carbonyl (C=O) groups is 2. The molecule has 1 saturated heterocycles. The van der Waals surface area contributed by atoms with Crippen LogP contribution >= 0.6 is 0 Å². The number of para-hydroxylation sites is 1. The lowest BCUT2D eigenvalue weighted by Crippen LogP contribution is -2.44. The lowest BCUT2D eigenvalue weighted by Gasteiger charge is -2.27. The molecule has 1 aromatic rings. The van der Waals surface area contributed by atoms with E-state index in [1.165, 1.54) is 6.07 Å². The molecule has 0 spiro atoms. The van der Waals surface area contributed by atoms with Gasteiger partial charge in [0.2, 0.25) is 0 Å². The van der Waals surface area contributed by atoms with Crippen molar-refractivity contribution in [3.8, 4) is 0 Å². The van der Waals surface area contributed by atoms with Gasteiger partial charge in [-0.3, -0.25) is 4.21 Å². The van der Waals surface area contributed by atoms with Gasteiger partial charge in [0.05, 0.1) is 11.3 Å². The van der Waals surface area contributed by atoms with Crippen molar-refractivity contribution in [2.45, 2.75) is 6.92 Å². The van der Waals surface area contributed by atoms with E-state index in [4.69, 9.17) is 5.11 Å². The second-order valence-electron chi connectivity index (χ2n) is 4.57. The van der Waals surface area contributed by atoms with Crippen LogP contribution in [-0.2, 0) is 10.8 Å². The van der Waals surface area contributed by atoms with E-state index >= 15 is 0 Å². The molecule has 108 valence electrons. The average Bonchev–Trinajstić information content (AvgIpc) is 2.41. The molecular formula is C13H16N2O4S. The Labute approximate surface area is 119 Å². The van der Waals surface area contributed by atoms with Gasteiger partial charge >= 0.3 is 12.0 Å². The molecule has 2 N–H and O–H groups in total. The van der Waals surface area contributed by atoms with Crippen LogP contribution in [0, 0.1) is 6.92 Å². The van der Waals surface area contributed by atoms with Crippen LogP contribution in [0.2, 0.25) is 0 Å². The first-order valence-corrected chi connectivity index (χ1v) is 7.71. The first-order valence-electron chi connectivity index (χ1n) is 6.23. The smallest absolute Gasteiger partial charge is 0.337 e. The molecule has 2 rings (SSSR count). The first-order chi connectivity index (χ1) is 9.49. The highest BCUT2D eigenvalue weighted by molar-refractivity contribution is 7.85. The van der Waals surface area contributed by atoms with E-state index in [0.717, 1.165) is 0 Å². The Morgan fingerprint density at radius 1 is 1.30 bits per heavy atom. The highest BCUT2D eigenvalue weighted by Gasteiger charge is 2.22. The van der Waals surface area contributed by atoms with Crippen LogP contribution in [0.25, 0.3) is 0 Å². The highest BCUT2D eigenvalue weighted by atomic mass is 32.2. The van der Waals surface area contributed by atoms with Crippen molar-refractivity contribution in [3.05, 3.63) is 29.3 Å². The normalized spacial score (nSPS) is 15.9. The number of anilines is 1. The van der Waals surface area contributed by atoms with E-state index in [9.17, 15) is 13.8 Å². The molecule has 1 aliphatic rings. The van der Waals surface area contributed by atoms with Crippen LogP contribution in [0.4, 0.5) is 10.5 Å². The largest absolute Gasteiger partial charge is 0.478 e. The molecule has 7 heteroatoms. The zero-order valence-electron chi connectivity index (χ0n) is 11.1. The molecule has 2 amide bonds. The van der Waals surface area contributed by atoms with Gasteiger partial charge in [-0.15, -0.1) is 0 Å². The molecule has 0 radical (unpaired) electrons. The lowest BCUT2D eigenvalue weighted by molar-refractivity contribution is 0.0698. The van der Waals surface area contributed by atoms with Crippen molar-refractivity contribution >= 4 is 28.5 Å². The number of amides is 2. The molecule has 1 fully saturated rings. The quantitative estimate of drug-likeness (QED) is 0.861. The van der Waals surface area contributed by atoms with E-state index in [1.807, 2.05) is 0 Å². The monoisotopic (exact) mass is 296 g/mol. The number of urea groups is 1. The Kier molecular flexibility index (Phi) is 4.39. The summed E-state index contributed by atoms with van der Waals surface area (Å²) >= 11 is 0. The van der Waals surface area contributed by atoms with Crippen molar-refractivity contribution in [2.24, 2.45) is 0 Å². The average molecular weight is 296 g/mol. The SMILES string of the molecule is Cc1cccc(C(=O)O)c1NC(=O)N1CCS(=O)CC1. The van der Waals surface area contributed by atoms with Crippen molar-refractivity contribution in [3.63, 3.8) is 0 Å². The van der Waals surface area contributed by atoms with Crippen molar-refractivity contribution in [1.29, 1.82) is 0 Å². The van der Waals surface area contributed by atoms with E-state index in [0.29, 0.717) is 35.8 Å². The maximum atomic E-state index is 12.1. The second-order valence-corrected chi connectivity index (χ2v) is 6.26. The summed E-state index contributed by atoms with van der Waals surface area (Å²) in [4.78, 5) is 24.8. The number of aryl methyl sites for hydroxylation is 1. The number of carboxylic acids is 1. The Hall–Kier alpha value is -1.89. The number of nitrogens with zero attached hydrogens (tertiary/aromatic N) is 1. The zero-order chi connectivity index (χ0) is 14.7. The minimum Gasteiger partial charge on any atom is -0.478 e. The van der Waals surface area contributed by atoms with E-state index in [2.05, 4.69) is 5.32 Å². The number of nitrogens with one attached hydrogen (secondary N) is 1. The van der Waals surface area contributed by atoms with E-state index in [-0.39, 0.29) is 11.6 Å². The number of hydrogen-bond donors (Lipinski definition) is 2. The number of hydrogen-bond acceptors (Lipinski definition) is 3. The van der Waals surface area contributed by atoms with Gasteiger partial charge in [0.15, 0.2) is 0 Å². The fraction of sp³-hybridized carbons (Fsp3) is 0.385. The minimum absolute atomic E-state index is 0.0685. The third kappa shape index (κ3) is 3.16. The topological polar surface area (TPSA) is 86.7 Å². The summed E-state index contributed by atoms with van der Waals surface area (Å²) in [5.74, 6) is -0.149. The second kappa shape index (κ2) is 6.04. The third-order valence-electron chi connectivity index (χ3n) is 3.20. The number of carboxylic acid groups (broad SMARTS) is 1. The fourth-order valence-corrected chi connectivity index (χ4v) is 3.09. The van der Waals surface area contributed by atoms with Gasteiger partial charge in [0, 0.05) is 35.4 Å². The van der Waals surface area contributed by atoms with Gasteiger partial charge in [0.1, 0.15) is 0 Å². The van der Waals surface area contributed by atoms with Crippen LogP contribution in [0.5, 0.6) is 0 Å². The summed E-state index contributed by atoms with van der Waals surface area (Å²) < 4.78 is 11.3. The molecule has 0 unspecified atom stereocenters. The lowest BCUT2D eigenvalue weighted by atomic mass is 10.1. The van der Waals surface area contributed by atoms with Gasteiger partial charge in [-0.05, 0) is 18.6 Å². The van der Waals surface area contributed by atoms with Crippen LogP contribution < -0.4 is 5.32 Å². The van der Waals surface area contributed by atoms with Crippen molar-refractivity contribution < 1.29 is 18.9 Å². The fourth-order valence-electron chi connectivity index (χ4n) is 2.04. The van der Waals surface area contributed by atoms with Crippen LogP contribution in [0.15, 0.2) is 18.2 Å². The van der Waals surface area contributed by atoms with Gasteiger partial charge in [-0.1, -0.05) is 12.1 Å². The summed E-state index contributed by atoms with van der Waals surface area (Å²) in [5.41, 5.74) is 1.08. The van der Waals surface area contributed by atoms with E-state index in [1.54, 1.807) is 24.0 Å². The maximum absolute atomic E-state index is 12.1. The Bertz CT molecular complexity index is 563. The number of benzene rings is 1. The molecule has 0 saturated carbocycles. The van der Waals surface area contributed by atoms with Crippen LogP contribution in [-0.4, -0.2) is 50.8 Å². The molecule has 1 aromatic carbocycles. The summed E-state index contributed by atoms with van der Waals surface area (Å²) in [7, 11) is -0.856. The van der Waals surface area contributed by atoms with E-state index < -0.39 is 16.8 Å². The van der Waals surface area contributed by atoms with Gasteiger partial charge in [0.25, 0.3) is 0 Å². The molecule has 20 heavy (non-hydrogen) atoms. The molecule has 0 atom stereocenters. The van der Waals surface area contributed by atoms with Crippen LogP contribution in [0.1, 0.15) is 15.9 Å².